The average Bonchev–Trinajstić information content (AvgIpc) is 3.59. The van der Waals surface area contributed by atoms with Gasteiger partial charge in [0.15, 0.2) is 11.4 Å². The lowest BCUT2D eigenvalue weighted by Crippen LogP contribution is -2.38. The number of rotatable bonds is 7. The summed E-state index contributed by atoms with van der Waals surface area (Å²) in [5.74, 6) is 0.197. The van der Waals surface area contributed by atoms with Crippen molar-refractivity contribution in [2.75, 3.05) is 38.7 Å². The van der Waals surface area contributed by atoms with Crippen LogP contribution >= 0.6 is 43.5 Å². The van der Waals surface area contributed by atoms with E-state index in [9.17, 15) is 26.3 Å². The molecule has 0 bridgehead atoms. The predicted molar refractivity (Wildman–Crippen MR) is 159 cm³/mol. The lowest BCUT2D eigenvalue weighted by molar-refractivity contribution is -0.142. The van der Waals surface area contributed by atoms with Gasteiger partial charge in [-0.05, 0) is 47.5 Å². The summed E-state index contributed by atoms with van der Waals surface area (Å²) in [6.45, 7) is 4.18. The van der Waals surface area contributed by atoms with Crippen molar-refractivity contribution in [3.8, 4) is 22.5 Å². The molecule has 1 aliphatic rings. The van der Waals surface area contributed by atoms with Gasteiger partial charge in [0.05, 0.1) is 37.7 Å². The number of benzene rings is 2. The number of hydrogen-bond acceptors (Lipinski definition) is 4. The molecule has 0 amide bonds. The van der Waals surface area contributed by atoms with Crippen LogP contribution in [-0.2, 0) is 30.2 Å². The van der Waals surface area contributed by atoms with Crippen LogP contribution < -0.4 is 0 Å². The Kier molecular flexibility index (Phi) is 11.4. The van der Waals surface area contributed by atoms with Crippen LogP contribution in [0, 0.1) is 0 Å². The first-order chi connectivity index (χ1) is 20.3. The zero-order chi connectivity index (χ0) is 31.2. The van der Waals surface area contributed by atoms with E-state index in [-0.39, 0.29) is 12.4 Å². The van der Waals surface area contributed by atoms with Crippen LogP contribution in [0.25, 0.3) is 22.5 Å². The number of hydrogen-bond donors (Lipinski definition) is 0. The standard InChI is InChI=1S/C16H17BrF3N3O.C12H9BrClF3N2/c17-13-3-1-12(2-4-13)14-11-15(16(18,19)20)21-23(14)6-5-22-7-9-24-10-8-22;13-9-3-1-8(2-4-9)10-7-11(12(15,16)17)18-19(10)6-5-14/h1-4,11H,5-10H2;1-4,7H,5-6H2. The van der Waals surface area contributed by atoms with E-state index in [0.717, 1.165) is 34.2 Å². The van der Waals surface area contributed by atoms with Gasteiger partial charge in [-0.25, -0.2) is 0 Å². The third-order valence-corrected chi connectivity index (χ3v) is 7.68. The number of morpholine rings is 1. The van der Waals surface area contributed by atoms with Crippen LogP contribution in [0.15, 0.2) is 69.6 Å². The molecule has 0 spiro atoms. The van der Waals surface area contributed by atoms with E-state index in [1.54, 1.807) is 36.4 Å². The highest BCUT2D eigenvalue weighted by Crippen LogP contribution is 2.33. The lowest BCUT2D eigenvalue weighted by atomic mass is 10.1. The zero-order valence-corrected chi connectivity index (χ0v) is 26.4. The third-order valence-electron chi connectivity index (χ3n) is 6.45. The molecule has 1 saturated heterocycles. The van der Waals surface area contributed by atoms with Crippen molar-refractivity contribution in [1.29, 1.82) is 0 Å². The van der Waals surface area contributed by atoms with Crippen molar-refractivity contribution in [3.63, 3.8) is 0 Å². The maximum atomic E-state index is 13.0. The molecule has 0 N–H and O–H groups in total. The Morgan fingerprint density at radius 2 is 1.09 bits per heavy atom. The fourth-order valence-corrected chi connectivity index (χ4v) is 4.99. The van der Waals surface area contributed by atoms with E-state index >= 15 is 0 Å². The SMILES string of the molecule is FC(F)(F)c1cc(-c2ccc(Br)cc2)n(CCCl)n1.FC(F)(F)c1cc(-c2ccc(Br)cc2)n(CCN2CCOCC2)n1. The van der Waals surface area contributed by atoms with Gasteiger partial charge in [-0.1, -0.05) is 56.1 Å². The molecule has 43 heavy (non-hydrogen) atoms. The summed E-state index contributed by atoms with van der Waals surface area (Å²) >= 11 is 12.2. The second kappa shape index (κ2) is 14.6. The summed E-state index contributed by atoms with van der Waals surface area (Å²) in [6.07, 6.45) is -8.91. The minimum absolute atomic E-state index is 0.197. The van der Waals surface area contributed by atoms with E-state index in [1.807, 2.05) is 12.1 Å². The monoisotopic (exact) mass is 755 g/mol. The predicted octanol–water partition coefficient (Wildman–Crippen LogP) is 8.23. The highest BCUT2D eigenvalue weighted by Gasteiger charge is 2.36. The number of nitrogens with zero attached hydrogens (tertiary/aromatic N) is 5. The Morgan fingerprint density at radius 1 is 0.674 bits per heavy atom. The smallest absolute Gasteiger partial charge is 0.379 e. The molecule has 0 unspecified atom stereocenters. The molecular weight excluding hydrogens is 732 g/mol. The van der Waals surface area contributed by atoms with Gasteiger partial charge in [0, 0.05) is 34.5 Å². The van der Waals surface area contributed by atoms with Gasteiger partial charge in [0.25, 0.3) is 0 Å². The molecule has 0 radical (unpaired) electrons. The summed E-state index contributed by atoms with van der Waals surface area (Å²) in [6, 6.07) is 16.3. The van der Waals surface area contributed by atoms with Gasteiger partial charge >= 0.3 is 12.4 Å². The molecule has 232 valence electrons. The van der Waals surface area contributed by atoms with Crippen molar-refractivity contribution in [2.45, 2.75) is 25.4 Å². The van der Waals surface area contributed by atoms with Crippen molar-refractivity contribution in [2.24, 2.45) is 0 Å². The Labute approximate surface area is 265 Å². The van der Waals surface area contributed by atoms with Crippen molar-refractivity contribution < 1.29 is 31.1 Å². The first-order valence-corrected chi connectivity index (χ1v) is 15.1. The minimum atomic E-state index is -4.46. The number of alkyl halides is 7. The lowest BCUT2D eigenvalue weighted by Gasteiger charge is -2.26. The molecule has 1 fully saturated rings. The molecule has 6 nitrogen and oxygen atoms in total. The second-order valence-corrected chi connectivity index (χ2v) is 11.6. The van der Waals surface area contributed by atoms with Crippen LogP contribution in [0.3, 0.4) is 0 Å². The Balaban J connectivity index is 0.000000203. The van der Waals surface area contributed by atoms with Crippen LogP contribution in [0.5, 0.6) is 0 Å². The van der Waals surface area contributed by atoms with Gasteiger partial charge in [-0.15, -0.1) is 11.6 Å². The third kappa shape index (κ3) is 9.30. The first kappa shape index (κ1) is 33.5. The Bertz CT molecular complexity index is 1470. The molecular formula is C28H26Br2ClF6N5O. The fraction of sp³-hybridized carbons (Fsp3) is 0.357. The van der Waals surface area contributed by atoms with Crippen molar-refractivity contribution in [1.82, 2.24) is 24.5 Å². The normalized spacial score (nSPS) is 14.4. The summed E-state index contributed by atoms with van der Waals surface area (Å²) in [5, 5.41) is 7.35. The summed E-state index contributed by atoms with van der Waals surface area (Å²) < 4.78 is 86.9. The fourth-order valence-electron chi connectivity index (χ4n) is 4.30. The average molecular weight is 758 g/mol. The molecule has 4 aromatic rings. The quantitative estimate of drug-likeness (QED) is 0.141. The minimum Gasteiger partial charge on any atom is -0.379 e. The van der Waals surface area contributed by atoms with Crippen molar-refractivity contribution >= 4 is 43.5 Å². The number of aryl methyl sites for hydroxylation is 1. The molecule has 0 atom stereocenters. The number of ether oxygens (including phenoxy) is 1. The van der Waals surface area contributed by atoms with Crippen LogP contribution in [0.1, 0.15) is 11.4 Å². The van der Waals surface area contributed by atoms with E-state index in [4.69, 9.17) is 16.3 Å². The molecule has 0 aliphatic carbocycles. The second-order valence-electron chi connectivity index (χ2n) is 9.43. The molecule has 0 saturated carbocycles. The maximum absolute atomic E-state index is 13.0. The molecule has 5 rings (SSSR count). The van der Waals surface area contributed by atoms with E-state index in [1.165, 1.54) is 9.36 Å². The Morgan fingerprint density at radius 3 is 1.49 bits per heavy atom. The molecule has 15 heteroatoms. The number of aromatic nitrogens is 4. The summed E-state index contributed by atoms with van der Waals surface area (Å²) in [4.78, 5) is 2.17. The van der Waals surface area contributed by atoms with Crippen LogP contribution in [-0.4, -0.2) is 63.2 Å². The molecule has 2 aromatic heterocycles. The van der Waals surface area contributed by atoms with Gasteiger partial charge in [-0.2, -0.15) is 36.5 Å². The van der Waals surface area contributed by atoms with E-state index < -0.39 is 23.7 Å². The number of halogens is 9. The van der Waals surface area contributed by atoms with Gasteiger partial charge in [-0.3, -0.25) is 14.3 Å². The highest BCUT2D eigenvalue weighted by atomic mass is 79.9. The van der Waals surface area contributed by atoms with E-state index in [0.29, 0.717) is 48.8 Å². The zero-order valence-electron chi connectivity index (χ0n) is 22.5. The van der Waals surface area contributed by atoms with Crippen molar-refractivity contribution in [3.05, 3.63) is 81.0 Å². The molecule has 1 aliphatic heterocycles. The highest BCUT2D eigenvalue weighted by molar-refractivity contribution is 9.10. The summed E-state index contributed by atoms with van der Waals surface area (Å²) in [5.41, 5.74) is 0.487. The van der Waals surface area contributed by atoms with Gasteiger partial charge in [0.2, 0.25) is 0 Å². The van der Waals surface area contributed by atoms with Gasteiger partial charge < -0.3 is 4.74 Å². The topological polar surface area (TPSA) is 48.1 Å². The first-order valence-electron chi connectivity index (χ1n) is 13.0. The van der Waals surface area contributed by atoms with Gasteiger partial charge in [0.1, 0.15) is 0 Å². The largest absolute Gasteiger partial charge is 0.435 e. The maximum Gasteiger partial charge on any atom is 0.435 e. The molecule has 3 heterocycles. The molecule has 2 aromatic carbocycles. The van der Waals surface area contributed by atoms with Crippen LogP contribution in [0.4, 0.5) is 26.3 Å². The summed E-state index contributed by atoms with van der Waals surface area (Å²) in [7, 11) is 0. The van der Waals surface area contributed by atoms with Crippen LogP contribution in [0.2, 0.25) is 0 Å². The van der Waals surface area contributed by atoms with E-state index in [2.05, 4.69) is 47.0 Å². The Hall–Kier alpha value is -2.39.